The van der Waals surface area contributed by atoms with Crippen LogP contribution >= 0.6 is 0 Å². The summed E-state index contributed by atoms with van der Waals surface area (Å²) in [5, 5.41) is 17.4. The maximum Gasteiger partial charge on any atom is 0.285 e. The van der Waals surface area contributed by atoms with E-state index in [4.69, 9.17) is 0 Å². The summed E-state index contributed by atoms with van der Waals surface area (Å²) >= 11 is 0. The predicted molar refractivity (Wildman–Crippen MR) is 126 cm³/mol. The third-order valence-electron chi connectivity index (χ3n) is 5.43. The van der Waals surface area contributed by atoms with Crippen molar-refractivity contribution < 1.29 is 27.5 Å². The van der Waals surface area contributed by atoms with Crippen LogP contribution in [0.1, 0.15) is 20.8 Å². The number of aromatic nitrogens is 2. The number of piperazine rings is 1. The highest BCUT2D eigenvalue weighted by molar-refractivity contribution is 7.89. The molecule has 0 atom stereocenters. The number of phenolic OH excluding ortho intramolecular Hbond substituents is 1. The number of carbonyl (C=O) groups is 2. The van der Waals surface area contributed by atoms with E-state index in [1.807, 2.05) is 9.62 Å². The average Bonchev–Trinajstić information content (AvgIpc) is 2.82. The lowest BCUT2D eigenvalue weighted by atomic mass is 10.0. The molecule has 0 bridgehead atoms. The zero-order chi connectivity index (χ0) is 25.2. The number of hydrogen-bond acceptors (Lipinski definition) is 8. The first-order valence-corrected chi connectivity index (χ1v) is 12.5. The normalized spacial score (nSPS) is 14.0. The minimum atomic E-state index is -3.71. The second-order valence-electron chi connectivity index (χ2n) is 8.00. The maximum atomic E-state index is 14.7. The van der Waals surface area contributed by atoms with Gasteiger partial charge in [-0.05, 0) is 42.0 Å². The van der Waals surface area contributed by atoms with E-state index in [9.17, 15) is 27.5 Å². The fourth-order valence-electron chi connectivity index (χ4n) is 3.71. The molecule has 1 aromatic heterocycles. The lowest BCUT2D eigenvalue weighted by molar-refractivity contribution is 0.0745. The topological polar surface area (TPSA) is 133 Å². The Balaban J connectivity index is 1.38. The van der Waals surface area contributed by atoms with E-state index in [2.05, 4.69) is 10.2 Å². The number of benzene rings is 2. The minimum absolute atomic E-state index is 0.0245. The van der Waals surface area contributed by atoms with Crippen LogP contribution in [0, 0.1) is 5.82 Å². The number of phenols is 1. The highest BCUT2D eigenvalue weighted by atomic mass is 32.2. The van der Waals surface area contributed by atoms with E-state index < -0.39 is 21.7 Å². The molecule has 0 aliphatic carbocycles. The number of nitrogens with one attached hydrogen (secondary N) is 1. The van der Waals surface area contributed by atoms with Crippen molar-refractivity contribution in [2.24, 2.45) is 0 Å². The SMILES string of the molecule is CS(=O)(=O)NC(=O)c1ccc(N2CCN(C(=O)c3ccc(-c4cccc(O)c4)c(F)c3)CC2)nn1. The van der Waals surface area contributed by atoms with Gasteiger partial charge in [0.2, 0.25) is 10.0 Å². The van der Waals surface area contributed by atoms with Crippen LogP contribution in [0.4, 0.5) is 10.2 Å². The van der Waals surface area contributed by atoms with Gasteiger partial charge >= 0.3 is 0 Å². The number of sulfonamides is 1. The lowest BCUT2D eigenvalue weighted by Gasteiger charge is -2.35. The molecule has 182 valence electrons. The Morgan fingerprint density at radius 1 is 1.00 bits per heavy atom. The van der Waals surface area contributed by atoms with E-state index in [0.29, 0.717) is 37.6 Å². The van der Waals surface area contributed by atoms with Gasteiger partial charge in [0, 0.05) is 37.3 Å². The van der Waals surface area contributed by atoms with Gasteiger partial charge in [-0.3, -0.25) is 9.59 Å². The van der Waals surface area contributed by atoms with Crippen molar-refractivity contribution in [2.75, 3.05) is 37.3 Å². The first-order valence-electron chi connectivity index (χ1n) is 10.6. The smallest absolute Gasteiger partial charge is 0.285 e. The molecule has 0 saturated carbocycles. The first kappa shape index (κ1) is 24.1. The highest BCUT2D eigenvalue weighted by Gasteiger charge is 2.24. The van der Waals surface area contributed by atoms with Gasteiger partial charge in [-0.15, -0.1) is 10.2 Å². The summed E-state index contributed by atoms with van der Waals surface area (Å²) in [5.74, 6) is -1.23. The third kappa shape index (κ3) is 5.72. The summed E-state index contributed by atoms with van der Waals surface area (Å²) < 4.78 is 38.9. The molecule has 4 rings (SSSR count). The Morgan fingerprint density at radius 2 is 1.74 bits per heavy atom. The monoisotopic (exact) mass is 499 g/mol. The number of rotatable bonds is 5. The highest BCUT2D eigenvalue weighted by Crippen LogP contribution is 2.27. The van der Waals surface area contributed by atoms with Gasteiger partial charge in [0.05, 0.1) is 6.26 Å². The summed E-state index contributed by atoms with van der Waals surface area (Å²) in [6.45, 7) is 1.62. The van der Waals surface area contributed by atoms with E-state index >= 15 is 0 Å². The second kappa shape index (κ2) is 9.66. The second-order valence-corrected chi connectivity index (χ2v) is 9.75. The summed E-state index contributed by atoms with van der Waals surface area (Å²) in [5.41, 5.74) is 0.885. The first-order chi connectivity index (χ1) is 16.6. The number of halogens is 1. The van der Waals surface area contributed by atoms with Crippen LogP contribution in [0.15, 0.2) is 54.6 Å². The number of amides is 2. The molecule has 2 amide bonds. The fraction of sp³-hybridized carbons (Fsp3) is 0.217. The third-order valence-corrected chi connectivity index (χ3v) is 5.98. The Bertz CT molecular complexity index is 1370. The predicted octanol–water partition coefficient (Wildman–Crippen LogP) is 1.64. The molecule has 2 aromatic carbocycles. The molecule has 1 saturated heterocycles. The molecule has 10 nitrogen and oxygen atoms in total. The maximum absolute atomic E-state index is 14.7. The summed E-state index contributed by atoms with van der Waals surface area (Å²) in [6.07, 6.45) is 0.866. The fourth-order valence-corrected chi connectivity index (χ4v) is 4.15. The van der Waals surface area contributed by atoms with Crippen LogP contribution in [0.3, 0.4) is 0 Å². The molecule has 0 radical (unpaired) electrons. The Hall–Kier alpha value is -4.06. The number of anilines is 1. The lowest BCUT2D eigenvalue weighted by Crippen LogP contribution is -2.49. The molecule has 3 aromatic rings. The molecule has 1 aliphatic heterocycles. The Morgan fingerprint density at radius 3 is 2.34 bits per heavy atom. The van der Waals surface area contributed by atoms with Crippen LogP contribution in [-0.4, -0.2) is 72.9 Å². The number of nitrogens with zero attached hydrogens (tertiary/aromatic N) is 4. The van der Waals surface area contributed by atoms with Crippen LogP contribution < -0.4 is 9.62 Å². The van der Waals surface area contributed by atoms with E-state index in [1.165, 1.54) is 30.3 Å². The van der Waals surface area contributed by atoms with Crippen LogP contribution in [0.25, 0.3) is 11.1 Å². The van der Waals surface area contributed by atoms with Crippen molar-refractivity contribution in [1.29, 1.82) is 0 Å². The van der Waals surface area contributed by atoms with Crippen molar-refractivity contribution >= 4 is 27.7 Å². The molecule has 35 heavy (non-hydrogen) atoms. The van der Waals surface area contributed by atoms with E-state index in [-0.39, 0.29) is 28.5 Å². The van der Waals surface area contributed by atoms with Crippen molar-refractivity contribution in [3.05, 3.63) is 71.7 Å². The van der Waals surface area contributed by atoms with Gasteiger partial charge in [-0.25, -0.2) is 17.5 Å². The van der Waals surface area contributed by atoms with E-state index in [0.717, 1.165) is 6.26 Å². The van der Waals surface area contributed by atoms with Crippen LogP contribution in [-0.2, 0) is 10.0 Å². The van der Waals surface area contributed by atoms with Crippen LogP contribution in [0.2, 0.25) is 0 Å². The molecule has 1 fully saturated rings. The van der Waals surface area contributed by atoms with Gasteiger partial charge in [-0.1, -0.05) is 18.2 Å². The number of carbonyl (C=O) groups excluding carboxylic acids is 2. The zero-order valence-corrected chi connectivity index (χ0v) is 19.5. The molecule has 2 heterocycles. The Labute approximate surface area is 201 Å². The summed E-state index contributed by atoms with van der Waals surface area (Å²) in [7, 11) is -3.71. The van der Waals surface area contributed by atoms with Crippen molar-refractivity contribution in [1.82, 2.24) is 19.8 Å². The molecular weight excluding hydrogens is 477 g/mol. The zero-order valence-electron chi connectivity index (χ0n) is 18.7. The van der Waals surface area contributed by atoms with E-state index in [1.54, 1.807) is 29.2 Å². The van der Waals surface area contributed by atoms with Crippen molar-refractivity contribution in [3.63, 3.8) is 0 Å². The number of hydrogen-bond donors (Lipinski definition) is 2. The van der Waals surface area contributed by atoms with Crippen molar-refractivity contribution in [2.45, 2.75) is 0 Å². The summed E-state index contributed by atoms with van der Waals surface area (Å²) in [4.78, 5) is 28.3. The summed E-state index contributed by atoms with van der Waals surface area (Å²) in [6, 6.07) is 13.4. The standard InChI is InChI=1S/C23H22FN5O5S/c1-35(33,34)27-22(31)20-7-8-21(26-25-20)28-9-11-29(12-10-28)23(32)16-5-6-18(19(24)14-16)15-3-2-4-17(30)13-15/h2-8,13-14,30H,9-12H2,1H3,(H,27,31). The largest absolute Gasteiger partial charge is 0.508 e. The minimum Gasteiger partial charge on any atom is -0.508 e. The molecule has 12 heteroatoms. The average molecular weight is 500 g/mol. The molecule has 0 unspecified atom stereocenters. The number of aromatic hydroxyl groups is 1. The van der Waals surface area contributed by atoms with Gasteiger partial charge in [0.1, 0.15) is 11.6 Å². The van der Waals surface area contributed by atoms with Crippen molar-refractivity contribution in [3.8, 4) is 16.9 Å². The quantitative estimate of drug-likeness (QED) is 0.541. The van der Waals surface area contributed by atoms with Gasteiger partial charge in [0.25, 0.3) is 11.8 Å². The van der Waals surface area contributed by atoms with Gasteiger partial charge in [0.15, 0.2) is 11.5 Å². The van der Waals surface area contributed by atoms with Gasteiger partial charge in [-0.2, -0.15) is 0 Å². The molecule has 1 aliphatic rings. The Kier molecular flexibility index (Phi) is 6.65. The molecule has 0 spiro atoms. The molecule has 2 N–H and O–H groups in total. The van der Waals surface area contributed by atoms with Crippen LogP contribution in [0.5, 0.6) is 5.75 Å². The van der Waals surface area contributed by atoms with Gasteiger partial charge < -0.3 is 14.9 Å². The molecular formula is C23H22FN5O5S.